The standard InChI is InChI=1S/C17H17F2NO/c18-14-6-3-4-12(16(14)19)10-17(11-20)8-9-21-15-7-2-1-5-13(15)17/h1-7H,8-11,20H2. The molecule has 110 valence electrons. The molecule has 1 aliphatic heterocycles. The van der Waals surface area contributed by atoms with Gasteiger partial charge in [0.05, 0.1) is 6.61 Å². The van der Waals surface area contributed by atoms with E-state index in [2.05, 4.69) is 0 Å². The molecule has 0 saturated heterocycles. The maximum absolute atomic E-state index is 14.0. The Balaban J connectivity index is 2.04. The summed E-state index contributed by atoms with van der Waals surface area (Å²) in [5, 5.41) is 0. The van der Waals surface area contributed by atoms with Crippen molar-refractivity contribution >= 4 is 0 Å². The monoisotopic (exact) mass is 289 g/mol. The number of nitrogens with two attached hydrogens (primary N) is 1. The van der Waals surface area contributed by atoms with Crippen LogP contribution in [0.15, 0.2) is 42.5 Å². The first-order valence-corrected chi connectivity index (χ1v) is 7.01. The maximum atomic E-state index is 14.0. The average molecular weight is 289 g/mol. The molecule has 0 fully saturated rings. The second-order valence-electron chi connectivity index (χ2n) is 5.47. The second-order valence-corrected chi connectivity index (χ2v) is 5.47. The molecule has 2 nitrogen and oxygen atoms in total. The van der Waals surface area contributed by atoms with E-state index in [0.29, 0.717) is 31.6 Å². The maximum Gasteiger partial charge on any atom is 0.162 e. The fraction of sp³-hybridized carbons (Fsp3) is 0.294. The van der Waals surface area contributed by atoms with Crippen molar-refractivity contribution in [2.24, 2.45) is 5.73 Å². The van der Waals surface area contributed by atoms with Crippen LogP contribution in [0.3, 0.4) is 0 Å². The van der Waals surface area contributed by atoms with Crippen molar-refractivity contribution in [3.63, 3.8) is 0 Å². The van der Waals surface area contributed by atoms with Crippen LogP contribution in [0, 0.1) is 11.6 Å². The van der Waals surface area contributed by atoms with Crippen LogP contribution in [0.2, 0.25) is 0 Å². The zero-order valence-corrected chi connectivity index (χ0v) is 11.6. The van der Waals surface area contributed by atoms with Crippen LogP contribution in [0.5, 0.6) is 5.75 Å². The van der Waals surface area contributed by atoms with Gasteiger partial charge in [-0.05, 0) is 30.5 Å². The molecule has 3 rings (SSSR count). The first-order valence-electron chi connectivity index (χ1n) is 7.01. The molecule has 0 amide bonds. The summed E-state index contributed by atoms with van der Waals surface area (Å²) < 4.78 is 33.1. The number of ether oxygens (including phenoxy) is 1. The minimum atomic E-state index is -0.819. The molecule has 2 aromatic rings. The molecule has 2 N–H and O–H groups in total. The van der Waals surface area contributed by atoms with Gasteiger partial charge in [-0.25, -0.2) is 8.78 Å². The highest BCUT2D eigenvalue weighted by molar-refractivity contribution is 5.43. The molecule has 0 aromatic heterocycles. The molecule has 21 heavy (non-hydrogen) atoms. The zero-order valence-electron chi connectivity index (χ0n) is 11.6. The van der Waals surface area contributed by atoms with E-state index in [0.717, 1.165) is 17.4 Å². The summed E-state index contributed by atoms with van der Waals surface area (Å²) in [7, 11) is 0. The van der Waals surface area contributed by atoms with Crippen LogP contribution >= 0.6 is 0 Å². The van der Waals surface area contributed by atoms with Gasteiger partial charge >= 0.3 is 0 Å². The van der Waals surface area contributed by atoms with Crippen LogP contribution in [-0.4, -0.2) is 13.2 Å². The van der Waals surface area contributed by atoms with Gasteiger partial charge in [0.1, 0.15) is 5.75 Å². The lowest BCUT2D eigenvalue weighted by molar-refractivity contribution is 0.214. The summed E-state index contributed by atoms with van der Waals surface area (Å²) >= 11 is 0. The van der Waals surface area contributed by atoms with E-state index in [1.165, 1.54) is 6.07 Å². The molecule has 4 heteroatoms. The Hall–Kier alpha value is -1.94. The quantitative estimate of drug-likeness (QED) is 0.942. The summed E-state index contributed by atoms with van der Waals surface area (Å²) in [5.74, 6) is -0.819. The van der Waals surface area contributed by atoms with Crippen LogP contribution in [0.25, 0.3) is 0 Å². The minimum Gasteiger partial charge on any atom is -0.493 e. The van der Waals surface area contributed by atoms with E-state index in [1.807, 2.05) is 24.3 Å². The lowest BCUT2D eigenvalue weighted by Gasteiger charge is -2.38. The third-order valence-electron chi connectivity index (χ3n) is 4.25. The van der Waals surface area contributed by atoms with E-state index in [-0.39, 0.29) is 0 Å². The number of hydrogen-bond donors (Lipinski definition) is 1. The van der Waals surface area contributed by atoms with Gasteiger partial charge < -0.3 is 10.5 Å². The summed E-state index contributed by atoms with van der Waals surface area (Å²) in [4.78, 5) is 0. The topological polar surface area (TPSA) is 35.2 Å². The predicted molar refractivity (Wildman–Crippen MR) is 77.3 cm³/mol. The smallest absolute Gasteiger partial charge is 0.162 e. The molecule has 0 radical (unpaired) electrons. The molecule has 1 heterocycles. The summed E-state index contributed by atoms with van der Waals surface area (Å²) in [6.45, 7) is 0.897. The molecule has 0 spiro atoms. The van der Waals surface area contributed by atoms with Gasteiger partial charge in [0.2, 0.25) is 0 Å². The average Bonchev–Trinajstić information content (AvgIpc) is 2.52. The van der Waals surface area contributed by atoms with Crippen molar-refractivity contribution in [3.05, 3.63) is 65.2 Å². The molecule has 1 aliphatic rings. The summed E-state index contributed by atoms with van der Waals surface area (Å²) in [5.41, 5.74) is 6.94. The Morgan fingerprint density at radius 2 is 1.90 bits per heavy atom. The van der Waals surface area contributed by atoms with Gasteiger partial charge in [-0.15, -0.1) is 0 Å². The molecule has 1 atom stereocenters. The molecule has 2 aromatic carbocycles. The second kappa shape index (κ2) is 5.45. The lowest BCUT2D eigenvalue weighted by atomic mass is 9.71. The Bertz CT molecular complexity index is 659. The molecule has 0 saturated carbocycles. The van der Waals surface area contributed by atoms with Crippen LogP contribution in [0.1, 0.15) is 17.5 Å². The van der Waals surface area contributed by atoms with Gasteiger partial charge in [0, 0.05) is 17.5 Å². The molecule has 0 aliphatic carbocycles. The number of para-hydroxylation sites is 1. The predicted octanol–water partition coefficient (Wildman–Crippen LogP) is 3.19. The number of hydrogen-bond acceptors (Lipinski definition) is 2. The SMILES string of the molecule is NCC1(Cc2cccc(F)c2F)CCOc2ccccc21. The minimum absolute atomic E-state index is 0.358. The van der Waals surface area contributed by atoms with Gasteiger partial charge in [0.15, 0.2) is 11.6 Å². The highest BCUT2D eigenvalue weighted by Crippen LogP contribution is 2.40. The van der Waals surface area contributed by atoms with E-state index in [4.69, 9.17) is 10.5 Å². The Kier molecular flexibility index (Phi) is 3.64. The van der Waals surface area contributed by atoms with Gasteiger partial charge in [-0.1, -0.05) is 30.3 Å². The van der Waals surface area contributed by atoms with E-state index < -0.39 is 17.0 Å². The number of rotatable bonds is 3. The van der Waals surface area contributed by atoms with Crippen molar-refractivity contribution in [1.82, 2.24) is 0 Å². The Morgan fingerprint density at radius 3 is 2.71 bits per heavy atom. The summed E-state index contributed by atoms with van der Waals surface area (Å²) in [6, 6.07) is 11.9. The summed E-state index contributed by atoms with van der Waals surface area (Å²) in [6.07, 6.45) is 1.06. The molecule has 1 unspecified atom stereocenters. The van der Waals surface area contributed by atoms with E-state index >= 15 is 0 Å². The van der Waals surface area contributed by atoms with Gasteiger partial charge in [-0.3, -0.25) is 0 Å². The zero-order chi connectivity index (χ0) is 14.9. The van der Waals surface area contributed by atoms with Crippen molar-refractivity contribution in [2.75, 3.05) is 13.2 Å². The number of fused-ring (bicyclic) bond motifs is 1. The normalized spacial score (nSPS) is 20.7. The Labute approximate surface area is 122 Å². The number of benzene rings is 2. The van der Waals surface area contributed by atoms with Crippen LogP contribution < -0.4 is 10.5 Å². The van der Waals surface area contributed by atoms with Gasteiger partial charge in [0.25, 0.3) is 0 Å². The highest BCUT2D eigenvalue weighted by atomic mass is 19.2. The molecular formula is C17H17F2NO. The Morgan fingerprint density at radius 1 is 1.10 bits per heavy atom. The first kappa shape index (κ1) is 14.0. The largest absolute Gasteiger partial charge is 0.493 e. The fourth-order valence-corrected chi connectivity index (χ4v) is 3.04. The third kappa shape index (κ3) is 2.40. The highest BCUT2D eigenvalue weighted by Gasteiger charge is 2.37. The van der Waals surface area contributed by atoms with Crippen molar-refractivity contribution in [2.45, 2.75) is 18.3 Å². The van der Waals surface area contributed by atoms with E-state index in [9.17, 15) is 8.78 Å². The molecule has 0 bridgehead atoms. The van der Waals surface area contributed by atoms with E-state index in [1.54, 1.807) is 6.07 Å². The third-order valence-corrected chi connectivity index (χ3v) is 4.25. The van der Waals surface area contributed by atoms with Crippen LogP contribution in [-0.2, 0) is 11.8 Å². The van der Waals surface area contributed by atoms with Crippen LogP contribution in [0.4, 0.5) is 8.78 Å². The number of halogens is 2. The van der Waals surface area contributed by atoms with Crippen molar-refractivity contribution < 1.29 is 13.5 Å². The fourth-order valence-electron chi connectivity index (χ4n) is 3.04. The first-order chi connectivity index (χ1) is 10.2. The van der Waals surface area contributed by atoms with Crippen molar-refractivity contribution in [3.8, 4) is 5.75 Å². The van der Waals surface area contributed by atoms with Gasteiger partial charge in [-0.2, -0.15) is 0 Å². The lowest BCUT2D eigenvalue weighted by Crippen LogP contribution is -2.42. The molecular weight excluding hydrogens is 272 g/mol. The van der Waals surface area contributed by atoms with Crippen molar-refractivity contribution in [1.29, 1.82) is 0 Å².